The summed E-state index contributed by atoms with van der Waals surface area (Å²) in [6.07, 6.45) is 2.01. The topological polar surface area (TPSA) is 67.3 Å². The van der Waals surface area contributed by atoms with E-state index in [2.05, 4.69) is 10.3 Å². The van der Waals surface area contributed by atoms with Crippen molar-refractivity contribution in [3.63, 3.8) is 0 Å². The molecular weight excluding hydrogens is 276 g/mol. The summed E-state index contributed by atoms with van der Waals surface area (Å²) in [5.74, 6) is -0.133. The van der Waals surface area contributed by atoms with Crippen LogP contribution in [-0.2, 0) is 4.74 Å². The molecule has 6 heteroatoms. The lowest BCUT2D eigenvalue weighted by Gasteiger charge is -2.23. The SMILES string of the molecule is CC1(CNC(=O)c2ccc3[nH]c(=S)oc3c2)CCCO1. The molecule has 0 spiro atoms. The van der Waals surface area contributed by atoms with Crippen molar-refractivity contribution in [2.45, 2.75) is 25.4 Å². The molecule has 0 bridgehead atoms. The van der Waals surface area contributed by atoms with Crippen molar-refractivity contribution in [3.05, 3.63) is 28.6 Å². The lowest BCUT2D eigenvalue weighted by atomic mass is 10.0. The van der Waals surface area contributed by atoms with Crippen LogP contribution in [0.4, 0.5) is 0 Å². The average molecular weight is 292 g/mol. The molecule has 1 fully saturated rings. The normalized spacial score (nSPS) is 22.2. The van der Waals surface area contributed by atoms with Gasteiger partial charge in [-0.3, -0.25) is 4.79 Å². The molecule has 1 amide bonds. The van der Waals surface area contributed by atoms with Crippen molar-refractivity contribution in [1.29, 1.82) is 0 Å². The van der Waals surface area contributed by atoms with Gasteiger partial charge in [0.1, 0.15) is 0 Å². The number of fused-ring (bicyclic) bond motifs is 1. The number of hydrogen-bond donors (Lipinski definition) is 2. The standard InChI is InChI=1S/C14H16N2O3S/c1-14(5-2-6-18-14)8-15-12(17)9-3-4-10-11(7-9)19-13(20)16-10/h3-4,7H,2,5-6,8H2,1H3,(H,15,17)(H,16,20). The second-order valence-electron chi connectivity index (χ2n) is 5.31. The number of rotatable bonds is 3. The first kappa shape index (κ1) is 13.3. The van der Waals surface area contributed by atoms with Crippen LogP contribution in [0.1, 0.15) is 30.1 Å². The zero-order valence-corrected chi connectivity index (χ0v) is 12.0. The summed E-state index contributed by atoms with van der Waals surface area (Å²) in [5, 5.41) is 2.91. The molecule has 20 heavy (non-hydrogen) atoms. The van der Waals surface area contributed by atoms with Gasteiger partial charge in [0.05, 0.1) is 11.1 Å². The van der Waals surface area contributed by atoms with E-state index in [0.717, 1.165) is 25.0 Å². The third-order valence-electron chi connectivity index (χ3n) is 3.61. The Balaban J connectivity index is 1.73. The Morgan fingerprint density at radius 1 is 1.55 bits per heavy atom. The number of carbonyl (C=O) groups excluding carboxylic acids is 1. The zero-order valence-electron chi connectivity index (χ0n) is 11.2. The van der Waals surface area contributed by atoms with Crippen molar-refractivity contribution >= 4 is 29.2 Å². The Morgan fingerprint density at radius 3 is 3.15 bits per heavy atom. The number of nitrogens with one attached hydrogen (secondary N) is 2. The smallest absolute Gasteiger partial charge is 0.266 e. The summed E-state index contributed by atoms with van der Waals surface area (Å²) in [6.45, 7) is 3.30. The van der Waals surface area contributed by atoms with Crippen molar-refractivity contribution < 1.29 is 13.9 Å². The summed E-state index contributed by atoms with van der Waals surface area (Å²) >= 11 is 4.92. The molecule has 2 N–H and O–H groups in total. The second kappa shape index (κ2) is 5.03. The van der Waals surface area contributed by atoms with E-state index >= 15 is 0 Å². The number of hydrogen-bond acceptors (Lipinski definition) is 4. The van der Waals surface area contributed by atoms with Gasteiger partial charge in [-0.1, -0.05) is 0 Å². The number of carbonyl (C=O) groups is 1. The molecule has 0 aliphatic carbocycles. The maximum Gasteiger partial charge on any atom is 0.266 e. The highest BCUT2D eigenvalue weighted by Gasteiger charge is 2.30. The predicted octanol–water partition coefficient (Wildman–Crippen LogP) is 2.79. The largest absolute Gasteiger partial charge is 0.429 e. The van der Waals surface area contributed by atoms with E-state index in [1.54, 1.807) is 18.2 Å². The third-order valence-corrected chi connectivity index (χ3v) is 3.79. The molecule has 1 aromatic heterocycles. The summed E-state index contributed by atoms with van der Waals surface area (Å²) in [7, 11) is 0. The van der Waals surface area contributed by atoms with Gasteiger partial charge in [0.2, 0.25) is 0 Å². The van der Waals surface area contributed by atoms with Gasteiger partial charge in [-0.05, 0) is 50.2 Å². The van der Waals surface area contributed by atoms with E-state index < -0.39 is 0 Å². The number of aromatic nitrogens is 1. The number of oxazole rings is 1. The monoisotopic (exact) mass is 292 g/mol. The van der Waals surface area contributed by atoms with Crippen LogP contribution in [0.2, 0.25) is 0 Å². The van der Waals surface area contributed by atoms with E-state index in [1.807, 2.05) is 6.92 Å². The maximum atomic E-state index is 12.1. The lowest BCUT2D eigenvalue weighted by molar-refractivity contribution is 0.0206. The maximum absolute atomic E-state index is 12.1. The van der Waals surface area contributed by atoms with E-state index in [4.69, 9.17) is 21.4 Å². The third kappa shape index (κ3) is 2.62. The van der Waals surface area contributed by atoms with Crippen LogP contribution in [0, 0.1) is 4.84 Å². The van der Waals surface area contributed by atoms with Gasteiger partial charge >= 0.3 is 0 Å². The Hall–Kier alpha value is -1.66. The molecule has 0 saturated carbocycles. The molecule has 5 nitrogen and oxygen atoms in total. The van der Waals surface area contributed by atoms with Crippen LogP contribution in [0.3, 0.4) is 0 Å². The molecule has 2 aromatic rings. The molecule has 2 heterocycles. The van der Waals surface area contributed by atoms with Gasteiger partial charge in [0.25, 0.3) is 10.7 Å². The number of benzene rings is 1. The Labute approximate surface area is 121 Å². The summed E-state index contributed by atoms with van der Waals surface area (Å²) in [4.78, 5) is 15.4. The molecule has 0 radical (unpaired) electrons. The van der Waals surface area contributed by atoms with Crippen LogP contribution in [0.25, 0.3) is 11.1 Å². The average Bonchev–Trinajstić information content (AvgIpc) is 3.00. The molecule has 1 aliphatic rings. The zero-order chi connectivity index (χ0) is 14.2. The Kier molecular flexibility index (Phi) is 3.35. The summed E-state index contributed by atoms with van der Waals surface area (Å²) in [6, 6.07) is 5.22. The molecule has 1 atom stereocenters. The molecule has 106 valence electrons. The van der Waals surface area contributed by atoms with Gasteiger partial charge < -0.3 is 19.5 Å². The highest BCUT2D eigenvalue weighted by Crippen LogP contribution is 2.24. The van der Waals surface area contributed by atoms with Crippen molar-refractivity contribution in [2.75, 3.05) is 13.2 Å². The van der Waals surface area contributed by atoms with Gasteiger partial charge in [-0.15, -0.1) is 0 Å². The van der Waals surface area contributed by atoms with Gasteiger partial charge in [0.15, 0.2) is 5.58 Å². The quantitative estimate of drug-likeness (QED) is 0.854. The number of H-pyrrole nitrogens is 1. The fourth-order valence-corrected chi connectivity index (χ4v) is 2.63. The molecule has 1 saturated heterocycles. The van der Waals surface area contributed by atoms with Crippen molar-refractivity contribution in [3.8, 4) is 0 Å². The molecule has 1 aromatic carbocycles. The summed E-state index contributed by atoms with van der Waals surface area (Å²) in [5.41, 5.74) is 1.69. The van der Waals surface area contributed by atoms with E-state index in [1.165, 1.54) is 0 Å². The minimum atomic E-state index is -0.244. The van der Waals surface area contributed by atoms with Crippen LogP contribution >= 0.6 is 12.2 Å². The Morgan fingerprint density at radius 2 is 2.40 bits per heavy atom. The first-order valence-corrected chi connectivity index (χ1v) is 7.02. The van der Waals surface area contributed by atoms with Crippen LogP contribution in [0.5, 0.6) is 0 Å². The van der Waals surface area contributed by atoms with Crippen molar-refractivity contribution in [2.24, 2.45) is 0 Å². The lowest BCUT2D eigenvalue weighted by Crippen LogP contribution is -2.40. The fraction of sp³-hybridized carbons (Fsp3) is 0.429. The van der Waals surface area contributed by atoms with Gasteiger partial charge in [-0.2, -0.15) is 0 Å². The molecule has 1 unspecified atom stereocenters. The number of aromatic amines is 1. The number of ether oxygens (including phenoxy) is 1. The van der Waals surface area contributed by atoms with Crippen LogP contribution in [0.15, 0.2) is 22.6 Å². The van der Waals surface area contributed by atoms with Crippen LogP contribution < -0.4 is 5.32 Å². The molecular formula is C14H16N2O3S. The van der Waals surface area contributed by atoms with Crippen molar-refractivity contribution in [1.82, 2.24) is 10.3 Å². The van der Waals surface area contributed by atoms with E-state index in [9.17, 15) is 4.79 Å². The van der Waals surface area contributed by atoms with Crippen LogP contribution in [-0.4, -0.2) is 29.6 Å². The fourth-order valence-electron chi connectivity index (χ4n) is 2.43. The first-order valence-electron chi connectivity index (χ1n) is 6.61. The van der Waals surface area contributed by atoms with E-state index in [0.29, 0.717) is 22.5 Å². The summed E-state index contributed by atoms with van der Waals surface area (Å²) < 4.78 is 11.0. The van der Waals surface area contributed by atoms with Gasteiger partial charge in [0, 0.05) is 18.7 Å². The minimum Gasteiger partial charge on any atom is -0.429 e. The van der Waals surface area contributed by atoms with Gasteiger partial charge in [-0.25, -0.2) is 0 Å². The highest BCUT2D eigenvalue weighted by atomic mass is 32.1. The predicted molar refractivity (Wildman–Crippen MR) is 77.3 cm³/mol. The first-order chi connectivity index (χ1) is 9.56. The number of amides is 1. The second-order valence-corrected chi connectivity index (χ2v) is 5.68. The van der Waals surface area contributed by atoms with E-state index in [-0.39, 0.29) is 11.5 Å². The minimum absolute atomic E-state index is 0.133. The highest BCUT2D eigenvalue weighted by molar-refractivity contribution is 7.71. The molecule has 1 aliphatic heterocycles. The Bertz CT molecular complexity index is 698. The molecule has 3 rings (SSSR count).